The highest BCUT2D eigenvalue weighted by Gasteiger charge is 2.34. The molecule has 1 saturated heterocycles. The summed E-state index contributed by atoms with van der Waals surface area (Å²) in [6.45, 7) is 7.10. The number of para-hydroxylation sites is 1. The van der Waals surface area contributed by atoms with Gasteiger partial charge in [0.1, 0.15) is 6.10 Å². The molecule has 5 heteroatoms. The third-order valence-corrected chi connectivity index (χ3v) is 4.38. The minimum absolute atomic E-state index is 0.00580. The van der Waals surface area contributed by atoms with Crippen molar-refractivity contribution in [1.82, 2.24) is 4.98 Å². The van der Waals surface area contributed by atoms with Gasteiger partial charge >= 0.3 is 5.97 Å². The number of fused-ring (bicyclic) bond motifs is 1. The molecular formula is C15H18N2O2S. The van der Waals surface area contributed by atoms with Crippen LogP contribution in [0.25, 0.3) is 10.2 Å². The number of aromatic nitrogens is 1. The summed E-state index contributed by atoms with van der Waals surface area (Å²) in [4.78, 5) is 18.6. The van der Waals surface area contributed by atoms with Crippen molar-refractivity contribution in [3.63, 3.8) is 0 Å². The Morgan fingerprint density at radius 3 is 2.70 bits per heavy atom. The number of benzene rings is 1. The van der Waals surface area contributed by atoms with E-state index in [1.54, 1.807) is 11.3 Å². The molecule has 1 aromatic heterocycles. The van der Waals surface area contributed by atoms with Gasteiger partial charge in [0.2, 0.25) is 0 Å². The molecule has 2 heterocycles. The molecule has 0 spiro atoms. The van der Waals surface area contributed by atoms with Gasteiger partial charge in [0.25, 0.3) is 0 Å². The Kier molecular flexibility index (Phi) is 3.17. The Morgan fingerprint density at radius 1 is 1.35 bits per heavy atom. The molecule has 3 rings (SSSR count). The number of hydrogen-bond donors (Lipinski definition) is 0. The van der Waals surface area contributed by atoms with E-state index in [2.05, 4.69) is 16.0 Å². The SMILES string of the molecule is CC(C)(C)C(=O)OC1CN(c2nc3ccccc3s2)C1. The molecule has 0 aliphatic carbocycles. The van der Waals surface area contributed by atoms with Crippen LogP contribution in [0.5, 0.6) is 0 Å². The molecule has 0 saturated carbocycles. The molecule has 1 aromatic carbocycles. The molecule has 0 bridgehead atoms. The van der Waals surface area contributed by atoms with Crippen molar-refractivity contribution in [3.8, 4) is 0 Å². The third kappa shape index (κ3) is 2.50. The predicted molar refractivity (Wildman–Crippen MR) is 81.2 cm³/mol. The van der Waals surface area contributed by atoms with E-state index in [-0.39, 0.29) is 12.1 Å². The van der Waals surface area contributed by atoms with Gasteiger partial charge in [-0.2, -0.15) is 0 Å². The van der Waals surface area contributed by atoms with Crippen molar-refractivity contribution in [2.45, 2.75) is 26.9 Å². The number of anilines is 1. The lowest BCUT2D eigenvalue weighted by molar-refractivity contribution is -0.159. The molecule has 20 heavy (non-hydrogen) atoms. The maximum absolute atomic E-state index is 11.8. The summed E-state index contributed by atoms with van der Waals surface area (Å²) >= 11 is 1.68. The summed E-state index contributed by atoms with van der Waals surface area (Å²) in [7, 11) is 0. The van der Waals surface area contributed by atoms with Crippen LogP contribution in [0.1, 0.15) is 20.8 Å². The summed E-state index contributed by atoms with van der Waals surface area (Å²) in [5.41, 5.74) is 0.596. The van der Waals surface area contributed by atoms with Crippen molar-refractivity contribution < 1.29 is 9.53 Å². The smallest absolute Gasteiger partial charge is 0.311 e. The number of carbonyl (C=O) groups is 1. The van der Waals surface area contributed by atoms with E-state index >= 15 is 0 Å². The van der Waals surface area contributed by atoms with Crippen molar-refractivity contribution in [2.24, 2.45) is 5.41 Å². The van der Waals surface area contributed by atoms with E-state index < -0.39 is 5.41 Å². The Balaban J connectivity index is 1.61. The molecule has 0 N–H and O–H groups in total. The van der Waals surface area contributed by atoms with Crippen molar-refractivity contribution in [2.75, 3.05) is 18.0 Å². The van der Waals surface area contributed by atoms with E-state index in [0.29, 0.717) is 0 Å². The zero-order valence-electron chi connectivity index (χ0n) is 11.9. The van der Waals surface area contributed by atoms with Gasteiger partial charge in [0.05, 0.1) is 28.7 Å². The van der Waals surface area contributed by atoms with E-state index in [1.807, 2.05) is 39.0 Å². The molecular weight excluding hydrogens is 272 g/mol. The number of hydrogen-bond acceptors (Lipinski definition) is 5. The second-order valence-electron chi connectivity index (χ2n) is 6.15. The van der Waals surface area contributed by atoms with Crippen LogP contribution < -0.4 is 4.90 Å². The highest BCUT2D eigenvalue weighted by molar-refractivity contribution is 7.22. The molecule has 2 aromatic rings. The van der Waals surface area contributed by atoms with Gasteiger partial charge in [-0.1, -0.05) is 23.5 Å². The fourth-order valence-electron chi connectivity index (χ4n) is 1.99. The van der Waals surface area contributed by atoms with Gasteiger partial charge in [-0.15, -0.1) is 0 Å². The van der Waals surface area contributed by atoms with Gasteiger partial charge in [0, 0.05) is 0 Å². The predicted octanol–water partition coefficient (Wildman–Crippen LogP) is 3.07. The first-order valence-corrected chi connectivity index (χ1v) is 7.57. The number of esters is 1. The number of carbonyl (C=O) groups excluding carboxylic acids is 1. The van der Waals surface area contributed by atoms with Crippen LogP contribution in [-0.4, -0.2) is 30.1 Å². The van der Waals surface area contributed by atoms with Crippen LogP contribution in [0.4, 0.5) is 5.13 Å². The van der Waals surface area contributed by atoms with E-state index in [1.165, 1.54) is 4.70 Å². The third-order valence-electron chi connectivity index (χ3n) is 3.29. The monoisotopic (exact) mass is 290 g/mol. The molecule has 1 fully saturated rings. The largest absolute Gasteiger partial charge is 0.458 e. The van der Waals surface area contributed by atoms with Gasteiger partial charge in [0.15, 0.2) is 5.13 Å². The topological polar surface area (TPSA) is 42.4 Å². The molecule has 106 valence electrons. The van der Waals surface area contributed by atoms with Crippen LogP contribution in [-0.2, 0) is 9.53 Å². The van der Waals surface area contributed by atoms with Gasteiger partial charge in [-0.25, -0.2) is 4.98 Å². The van der Waals surface area contributed by atoms with Gasteiger partial charge < -0.3 is 9.64 Å². The van der Waals surface area contributed by atoms with E-state index in [4.69, 9.17) is 4.74 Å². The quantitative estimate of drug-likeness (QED) is 0.797. The van der Waals surface area contributed by atoms with Crippen molar-refractivity contribution in [3.05, 3.63) is 24.3 Å². The highest BCUT2D eigenvalue weighted by atomic mass is 32.1. The first kappa shape index (κ1) is 13.4. The van der Waals surface area contributed by atoms with Crippen LogP contribution in [0, 0.1) is 5.41 Å². The summed E-state index contributed by atoms with van der Waals surface area (Å²) in [5, 5.41) is 1.01. The molecule has 0 atom stereocenters. The Hall–Kier alpha value is -1.62. The summed E-state index contributed by atoms with van der Waals surface area (Å²) in [5.74, 6) is -0.133. The number of rotatable bonds is 2. The zero-order chi connectivity index (χ0) is 14.3. The molecule has 0 unspecified atom stereocenters. The van der Waals surface area contributed by atoms with Gasteiger partial charge in [-0.05, 0) is 32.9 Å². The van der Waals surface area contributed by atoms with Crippen LogP contribution >= 0.6 is 11.3 Å². The standard InChI is InChI=1S/C15H18N2O2S/c1-15(2,3)13(18)19-10-8-17(9-10)14-16-11-6-4-5-7-12(11)20-14/h4-7,10H,8-9H2,1-3H3. The number of thiazole rings is 1. The second kappa shape index (κ2) is 4.74. The lowest BCUT2D eigenvalue weighted by Gasteiger charge is -2.39. The normalized spacial score (nSPS) is 16.2. The number of ether oxygens (including phenoxy) is 1. The highest BCUT2D eigenvalue weighted by Crippen LogP contribution is 2.32. The maximum Gasteiger partial charge on any atom is 0.311 e. The van der Waals surface area contributed by atoms with Crippen molar-refractivity contribution >= 4 is 32.7 Å². The van der Waals surface area contributed by atoms with E-state index in [9.17, 15) is 4.79 Å². The molecule has 0 amide bonds. The van der Waals surface area contributed by atoms with Crippen molar-refractivity contribution in [1.29, 1.82) is 0 Å². The number of nitrogens with zero attached hydrogens (tertiary/aromatic N) is 2. The van der Waals surface area contributed by atoms with Crippen LogP contribution in [0.15, 0.2) is 24.3 Å². The summed E-state index contributed by atoms with van der Waals surface area (Å²) in [6, 6.07) is 8.11. The Bertz CT molecular complexity index is 606. The Labute approximate surface area is 122 Å². The Morgan fingerprint density at radius 2 is 2.05 bits per heavy atom. The fraction of sp³-hybridized carbons (Fsp3) is 0.467. The molecule has 0 radical (unpaired) electrons. The first-order valence-electron chi connectivity index (χ1n) is 6.75. The second-order valence-corrected chi connectivity index (χ2v) is 7.16. The lowest BCUT2D eigenvalue weighted by Crippen LogP contribution is -2.53. The lowest BCUT2D eigenvalue weighted by atomic mass is 9.97. The summed E-state index contributed by atoms with van der Waals surface area (Å²) in [6.07, 6.45) is -0.00580. The van der Waals surface area contributed by atoms with E-state index in [0.717, 1.165) is 23.7 Å². The molecule has 4 nitrogen and oxygen atoms in total. The average molecular weight is 290 g/mol. The van der Waals surface area contributed by atoms with Crippen LogP contribution in [0.2, 0.25) is 0 Å². The van der Waals surface area contributed by atoms with Gasteiger partial charge in [-0.3, -0.25) is 4.79 Å². The first-order chi connectivity index (χ1) is 9.43. The summed E-state index contributed by atoms with van der Waals surface area (Å²) < 4.78 is 6.67. The molecule has 1 aliphatic rings. The minimum Gasteiger partial charge on any atom is -0.458 e. The maximum atomic E-state index is 11.8. The van der Waals surface area contributed by atoms with Crippen LogP contribution in [0.3, 0.4) is 0 Å². The molecule has 1 aliphatic heterocycles. The fourth-order valence-corrected chi connectivity index (χ4v) is 2.98. The average Bonchev–Trinajstić information content (AvgIpc) is 2.74. The zero-order valence-corrected chi connectivity index (χ0v) is 12.7. The minimum atomic E-state index is -0.434.